The minimum Gasteiger partial charge on any atom is -0.491 e. The van der Waals surface area contributed by atoms with E-state index in [0.29, 0.717) is 48.7 Å². The van der Waals surface area contributed by atoms with Gasteiger partial charge in [-0.15, -0.1) is 5.11 Å². The van der Waals surface area contributed by atoms with Gasteiger partial charge < -0.3 is 24.3 Å². The van der Waals surface area contributed by atoms with E-state index in [0.717, 1.165) is 0 Å². The van der Waals surface area contributed by atoms with Crippen LogP contribution in [0, 0.1) is 0 Å². The lowest BCUT2D eigenvalue weighted by molar-refractivity contribution is -0.126. The summed E-state index contributed by atoms with van der Waals surface area (Å²) < 4.78 is 22.4. The Labute approximate surface area is 214 Å². The zero-order valence-corrected chi connectivity index (χ0v) is 21.8. The number of Topliss-reactive ketones (excluding diaryl/α,β-unsaturated/α-hetero) is 1. The fourth-order valence-corrected chi connectivity index (χ4v) is 3.41. The van der Waals surface area contributed by atoms with Crippen molar-refractivity contribution in [1.29, 1.82) is 0 Å². The Kier molecular flexibility index (Phi) is 11.1. The Bertz CT molecular complexity index is 1050. The van der Waals surface area contributed by atoms with Crippen LogP contribution in [0.5, 0.6) is 23.0 Å². The van der Waals surface area contributed by atoms with Gasteiger partial charge in [0.2, 0.25) is 6.04 Å². The molecule has 190 valence electrons. The molecular weight excluding hydrogens is 497 g/mol. The van der Waals surface area contributed by atoms with Gasteiger partial charge in [0.15, 0.2) is 34.5 Å². The number of ether oxygens (including phenoxy) is 4. The van der Waals surface area contributed by atoms with Crippen molar-refractivity contribution < 1.29 is 28.5 Å². The topological polar surface area (TPSA) is 108 Å². The van der Waals surface area contributed by atoms with Gasteiger partial charge in [-0.25, -0.2) is 0 Å². The van der Waals surface area contributed by atoms with Crippen LogP contribution in [-0.4, -0.2) is 44.2 Å². The summed E-state index contributed by atoms with van der Waals surface area (Å²) in [4.78, 5) is 25.5. The summed E-state index contributed by atoms with van der Waals surface area (Å²) in [6, 6.07) is 4.83. The number of halogens is 2. The van der Waals surface area contributed by atoms with Gasteiger partial charge in [0.05, 0.1) is 31.5 Å². The van der Waals surface area contributed by atoms with Gasteiger partial charge in [-0.1, -0.05) is 23.2 Å². The highest BCUT2D eigenvalue weighted by atomic mass is 35.5. The second kappa shape index (κ2) is 13.7. The number of carbonyl (C=O) groups is 2. The lowest BCUT2D eigenvalue weighted by Crippen LogP contribution is -2.32. The Hall–Kier alpha value is -3.04. The van der Waals surface area contributed by atoms with Crippen LogP contribution in [0.1, 0.15) is 34.6 Å². The van der Waals surface area contributed by atoms with E-state index in [4.69, 9.17) is 42.1 Å². The van der Waals surface area contributed by atoms with Crippen LogP contribution in [-0.2, 0) is 9.59 Å². The quantitative estimate of drug-likeness (QED) is 0.244. The molecule has 1 unspecified atom stereocenters. The number of amides is 1. The summed E-state index contributed by atoms with van der Waals surface area (Å²) in [5.41, 5.74) is 0.381. The maximum atomic E-state index is 13.1. The smallest absolute Gasteiger partial charge is 0.258 e. The number of hydrogen-bond acceptors (Lipinski definition) is 8. The first kappa shape index (κ1) is 28.2. The molecule has 0 fully saturated rings. The standard InChI is InChI=1S/C24H29Cl2N3O6/c1-6-32-17-11-10-16(26)21(23(17)35-9-4)27-24(31)20(14(5)30)28-29-22-18(33-7-2)12-15(25)13-19(22)34-8-3/h10-13,20H,6-9H2,1-5H3,(H,27,31). The van der Waals surface area contributed by atoms with Gasteiger partial charge in [0, 0.05) is 17.2 Å². The molecule has 0 bridgehead atoms. The van der Waals surface area contributed by atoms with Gasteiger partial charge in [-0.2, -0.15) is 5.11 Å². The predicted molar refractivity (Wildman–Crippen MR) is 135 cm³/mol. The Morgan fingerprint density at radius 3 is 1.94 bits per heavy atom. The third kappa shape index (κ3) is 7.47. The number of nitrogens with one attached hydrogen (secondary N) is 1. The average molecular weight is 526 g/mol. The number of carbonyl (C=O) groups excluding carboxylic acids is 2. The molecule has 1 amide bonds. The predicted octanol–water partition coefficient (Wildman–Crippen LogP) is 6.27. The van der Waals surface area contributed by atoms with Crippen molar-refractivity contribution in [3.8, 4) is 23.0 Å². The molecule has 0 saturated carbocycles. The van der Waals surface area contributed by atoms with Crippen molar-refractivity contribution in [2.45, 2.75) is 40.7 Å². The first-order valence-corrected chi connectivity index (χ1v) is 11.9. The third-order valence-electron chi connectivity index (χ3n) is 4.42. The number of hydrogen-bond donors (Lipinski definition) is 1. The molecule has 0 spiro atoms. The van der Waals surface area contributed by atoms with Crippen LogP contribution >= 0.6 is 23.2 Å². The van der Waals surface area contributed by atoms with Gasteiger partial charge >= 0.3 is 0 Å². The van der Waals surface area contributed by atoms with Crippen LogP contribution in [0.4, 0.5) is 11.4 Å². The van der Waals surface area contributed by atoms with E-state index < -0.39 is 17.7 Å². The summed E-state index contributed by atoms with van der Waals surface area (Å²) in [7, 11) is 0. The normalized spacial score (nSPS) is 11.7. The van der Waals surface area contributed by atoms with E-state index in [2.05, 4.69) is 15.5 Å². The molecule has 0 aliphatic carbocycles. The molecule has 1 atom stereocenters. The van der Waals surface area contributed by atoms with Crippen molar-refractivity contribution in [3.05, 3.63) is 34.3 Å². The van der Waals surface area contributed by atoms with Gasteiger partial charge in [0.1, 0.15) is 5.69 Å². The second-order valence-corrected chi connectivity index (χ2v) is 7.79. The van der Waals surface area contributed by atoms with Crippen LogP contribution in [0.15, 0.2) is 34.5 Å². The SMILES string of the molecule is CCOc1cc(Cl)cc(OCC)c1N=NC(C(C)=O)C(=O)Nc1c(Cl)ccc(OCC)c1OCC. The molecule has 0 aliphatic rings. The van der Waals surface area contributed by atoms with E-state index >= 15 is 0 Å². The molecule has 1 N–H and O–H groups in total. The maximum absolute atomic E-state index is 13.1. The molecule has 0 aromatic heterocycles. The number of azo groups is 1. The van der Waals surface area contributed by atoms with E-state index in [1.54, 1.807) is 45.0 Å². The second-order valence-electron chi connectivity index (χ2n) is 6.95. The summed E-state index contributed by atoms with van der Waals surface area (Å²) in [6.45, 7) is 9.78. The molecule has 35 heavy (non-hydrogen) atoms. The average Bonchev–Trinajstić information content (AvgIpc) is 2.80. The first-order valence-electron chi connectivity index (χ1n) is 11.2. The summed E-state index contributed by atoms with van der Waals surface area (Å²) in [6.07, 6.45) is 0. The highest BCUT2D eigenvalue weighted by Crippen LogP contribution is 2.42. The van der Waals surface area contributed by atoms with Crippen LogP contribution in [0.2, 0.25) is 10.0 Å². The monoisotopic (exact) mass is 525 g/mol. The highest BCUT2D eigenvalue weighted by molar-refractivity contribution is 6.34. The van der Waals surface area contributed by atoms with Crippen molar-refractivity contribution in [1.82, 2.24) is 0 Å². The molecule has 2 rings (SSSR count). The minimum atomic E-state index is -1.48. The van der Waals surface area contributed by atoms with E-state index in [1.807, 2.05) is 6.92 Å². The Morgan fingerprint density at radius 1 is 0.886 bits per heavy atom. The minimum absolute atomic E-state index is 0.169. The highest BCUT2D eigenvalue weighted by Gasteiger charge is 2.27. The van der Waals surface area contributed by atoms with Crippen LogP contribution < -0.4 is 24.3 Å². The Balaban J connectivity index is 2.45. The summed E-state index contributed by atoms with van der Waals surface area (Å²) in [5, 5.41) is 11.4. The number of anilines is 1. The largest absolute Gasteiger partial charge is 0.491 e. The Morgan fingerprint density at radius 2 is 1.43 bits per heavy atom. The number of benzene rings is 2. The fraction of sp³-hybridized carbons (Fsp3) is 0.417. The van der Waals surface area contributed by atoms with Gasteiger partial charge in [-0.05, 0) is 46.8 Å². The molecule has 9 nitrogen and oxygen atoms in total. The zero-order valence-electron chi connectivity index (χ0n) is 20.3. The molecule has 0 saturated heterocycles. The summed E-state index contributed by atoms with van der Waals surface area (Å²) >= 11 is 12.5. The maximum Gasteiger partial charge on any atom is 0.258 e. The number of rotatable bonds is 13. The van der Waals surface area contributed by atoms with E-state index in [-0.39, 0.29) is 22.1 Å². The van der Waals surface area contributed by atoms with Crippen LogP contribution in [0.25, 0.3) is 0 Å². The number of ketones is 1. The molecule has 0 aliphatic heterocycles. The third-order valence-corrected chi connectivity index (χ3v) is 4.95. The van der Waals surface area contributed by atoms with E-state index in [1.165, 1.54) is 6.92 Å². The van der Waals surface area contributed by atoms with E-state index in [9.17, 15) is 9.59 Å². The van der Waals surface area contributed by atoms with Crippen molar-refractivity contribution in [3.63, 3.8) is 0 Å². The van der Waals surface area contributed by atoms with Crippen LogP contribution in [0.3, 0.4) is 0 Å². The van der Waals surface area contributed by atoms with Crippen molar-refractivity contribution in [2.75, 3.05) is 31.7 Å². The molecule has 2 aromatic carbocycles. The molecule has 11 heteroatoms. The first-order chi connectivity index (χ1) is 16.8. The fourth-order valence-electron chi connectivity index (χ4n) is 3.02. The molecule has 0 radical (unpaired) electrons. The molecular formula is C24H29Cl2N3O6. The lowest BCUT2D eigenvalue weighted by atomic mass is 10.2. The van der Waals surface area contributed by atoms with Gasteiger partial charge in [-0.3, -0.25) is 9.59 Å². The number of nitrogens with zero attached hydrogens (tertiary/aromatic N) is 2. The van der Waals surface area contributed by atoms with Crippen molar-refractivity contribution >= 4 is 46.3 Å². The van der Waals surface area contributed by atoms with Gasteiger partial charge in [0.25, 0.3) is 5.91 Å². The lowest BCUT2D eigenvalue weighted by Gasteiger charge is -2.18. The summed E-state index contributed by atoms with van der Waals surface area (Å²) in [5.74, 6) is -0.0147. The zero-order chi connectivity index (χ0) is 26.0. The van der Waals surface area contributed by atoms with Crippen molar-refractivity contribution in [2.24, 2.45) is 10.2 Å². The molecule has 0 heterocycles. The molecule has 2 aromatic rings.